The second-order valence-corrected chi connectivity index (χ2v) is 7.46. The van der Waals surface area contributed by atoms with Gasteiger partial charge in [0.25, 0.3) is 5.91 Å². The number of nitrogens with one attached hydrogen (secondary N) is 1. The van der Waals surface area contributed by atoms with Crippen molar-refractivity contribution in [3.05, 3.63) is 95.8 Å². The number of nitrogens with zero attached hydrogens (tertiary/aromatic N) is 3. The van der Waals surface area contributed by atoms with E-state index in [1.165, 1.54) is 11.8 Å². The van der Waals surface area contributed by atoms with E-state index in [9.17, 15) is 4.79 Å². The van der Waals surface area contributed by atoms with Crippen LogP contribution in [0.2, 0.25) is 0 Å². The van der Waals surface area contributed by atoms with Crippen LogP contribution in [0.25, 0.3) is 22.2 Å². The van der Waals surface area contributed by atoms with Gasteiger partial charge in [0.2, 0.25) is 0 Å². The maximum atomic E-state index is 12.9. The number of carbonyl (C=O) groups is 1. The zero-order valence-corrected chi connectivity index (χ0v) is 17.6. The zero-order valence-electron chi connectivity index (χ0n) is 17.6. The van der Waals surface area contributed by atoms with Crippen molar-refractivity contribution in [1.29, 1.82) is 0 Å². The SMILES string of the molecule is CC[C@@H](C)c1ccc(-c2cc(C(=O)N/N=C\c3ccccn3)c3ccccc3n2)cc1. The number of benzene rings is 2. The summed E-state index contributed by atoms with van der Waals surface area (Å²) in [6.45, 7) is 4.40. The number of pyridine rings is 2. The lowest BCUT2D eigenvalue weighted by atomic mass is 9.96. The van der Waals surface area contributed by atoms with Gasteiger partial charge in [-0.1, -0.05) is 62.4 Å². The molecule has 0 radical (unpaired) electrons. The third-order valence-corrected chi connectivity index (χ3v) is 5.40. The van der Waals surface area contributed by atoms with Crippen LogP contribution in [0.5, 0.6) is 0 Å². The number of aromatic nitrogens is 2. The Balaban J connectivity index is 1.66. The van der Waals surface area contributed by atoms with E-state index in [-0.39, 0.29) is 5.91 Å². The molecule has 2 aromatic heterocycles. The predicted molar refractivity (Wildman–Crippen MR) is 125 cm³/mol. The molecule has 0 spiro atoms. The number of fused-ring (bicyclic) bond motifs is 1. The van der Waals surface area contributed by atoms with Crippen LogP contribution in [0.15, 0.2) is 84.1 Å². The van der Waals surface area contributed by atoms with Crippen molar-refractivity contribution in [1.82, 2.24) is 15.4 Å². The summed E-state index contributed by atoms with van der Waals surface area (Å²) in [6, 6.07) is 23.4. The quantitative estimate of drug-likeness (QED) is 0.335. The zero-order chi connectivity index (χ0) is 21.6. The van der Waals surface area contributed by atoms with E-state index in [1.54, 1.807) is 6.20 Å². The monoisotopic (exact) mass is 408 g/mol. The molecule has 2 aromatic carbocycles. The fraction of sp³-hybridized carbons (Fsp3) is 0.154. The number of hydrogen-bond acceptors (Lipinski definition) is 4. The highest BCUT2D eigenvalue weighted by Crippen LogP contribution is 2.27. The van der Waals surface area contributed by atoms with Crippen molar-refractivity contribution in [2.75, 3.05) is 0 Å². The maximum Gasteiger partial charge on any atom is 0.272 e. The average Bonchev–Trinajstić information content (AvgIpc) is 2.83. The number of hydrogen-bond donors (Lipinski definition) is 1. The normalized spacial score (nSPS) is 12.2. The van der Waals surface area contributed by atoms with Gasteiger partial charge in [-0.2, -0.15) is 5.10 Å². The molecular weight excluding hydrogens is 384 g/mol. The van der Waals surface area contributed by atoms with Crippen molar-refractivity contribution >= 4 is 23.0 Å². The Labute approximate surface area is 181 Å². The molecule has 0 saturated carbocycles. The highest BCUT2D eigenvalue weighted by molar-refractivity contribution is 6.07. The minimum atomic E-state index is -0.289. The Morgan fingerprint density at radius 2 is 1.84 bits per heavy atom. The molecule has 31 heavy (non-hydrogen) atoms. The minimum Gasteiger partial charge on any atom is -0.267 e. The van der Waals surface area contributed by atoms with Gasteiger partial charge in [-0.25, -0.2) is 10.4 Å². The highest BCUT2D eigenvalue weighted by Gasteiger charge is 2.14. The summed E-state index contributed by atoms with van der Waals surface area (Å²) in [4.78, 5) is 21.9. The van der Waals surface area contributed by atoms with Gasteiger partial charge in [0.15, 0.2) is 0 Å². The fourth-order valence-electron chi connectivity index (χ4n) is 3.40. The molecule has 4 rings (SSSR count). The molecule has 2 heterocycles. The fourth-order valence-corrected chi connectivity index (χ4v) is 3.40. The Kier molecular flexibility index (Phi) is 6.13. The molecule has 1 amide bonds. The second-order valence-electron chi connectivity index (χ2n) is 7.46. The Bertz CT molecular complexity index is 1220. The second kappa shape index (κ2) is 9.30. The maximum absolute atomic E-state index is 12.9. The Morgan fingerprint density at radius 3 is 2.58 bits per heavy atom. The Hall–Kier alpha value is -3.86. The topological polar surface area (TPSA) is 67.2 Å². The molecule has 5 heteroatoms. The lowest BCUT2D eigenvalue weighted by molar-refractivity contribution is 0.0956. The summed E-state index contributed by atoms with van der Waals surface area (Å²) < 4.78 is 0. The first-order valence-electron chi connectivity index (χ1n) is 10.4. The number of carbonyl (C=O) groups excluding carboxylic acids is 1. The summed E-state index contributed by atoms with van der Waals surface area (Å²) in [5, 5.41) is 4.85. The molecule has 0 unspecified atom stereocenters. The molecule has 1 N–H and O–H groups in total. The van der Waals surface area contributed by atoms with Gasteiger partial charge < -0.3 is 0 Å². The van der Waals surface area contributed by atoms with Crippen LogP contribution in [0, 0.1) is 0 Å². The van der Waals surface area contributed by atoms with Crippen LogP contribution in [-0.2, 0) is 0 Å². The Morgan fingerprint density at radius 1 is 1.06 bits per heavy atom. The number of rotatable bonds is 6. The van der Waals surface area contributed by atoms with Crippen LogP contribution < -0.4 is 5.43 Å². The first-order chi connectivity index (χ1) is 15.2. The summed E-state index contributed by atoms with van der Waals surface area (Å²) in [5.74, 6) is 0.222. The lowest BCUT2D eigenvalue weighted by Crippen LogP contribution is -2.18. The lowest BCUT2D eigenvalue weighted by Gasteiger charge is -2.11. The summed E-state index contributed by atoms with van der Waals surface area (Å²) in [6.07, 6.45) is 4.30. The molecule has 4 aromatic rings. The van der Waals surface area contributed by atoms with E-state index in [0.717, 1.165) is 28.6 Å². The molecule has 0 bridgehead atoms. The van der Waals surface area contributed by atoms with Crippen molar-refractivity contribution in [3.63, 3.8) is 0 Å². The number of para-hydroxylation sites is 1. The van der Waals surface area contributed by atoms with Crippen LogP contribution in [0.3, 0.4) is 0 Å². The van der Waals surface area contributed by atoms with E-state index in [1.807, 2.05) is 48.5 Å². The average molecular weight is 409 g/mol. The third-order valence-electron chi connectivity index (χ3n) is 5.40. The summed E-state index contributed by atoms with van der Waals surface area (Å²) in [5.41, 5.74) is 7.62. The van der Waals surface area contributed by atoms with E-state index in [2.05, 4.69) is 53.6 Å². The van der Waals surface area contributed by atoms with Crippen molar-refractivity contribution < 1.29 is 4.79 Å². The van der Waals surface area contributed by atoms with Crippen molar-refractivity contribution in [2.24, 2.45) is 5.10 Å². The number of amides is 1. The van der Waals surface area contributed by atoms with E-state index >= 15 is 0 Å². The van der Waals surface area contributed by atoms with Gasteiger partial charge in [-0.05, 0) is 42.2 Å². The van der Waals surface area contributed by atoms with Gasteiger partial charge in [-0.3, -0.25) is 9.78 Å². The van der Waals surface area contributed by atoms with Crippen LogP contribution in [0.1, 0.15) is 47.8 Å². The minimum absolute atomic E-state index is 0.289. The largest absolute Gasteiger partial charge is 0.272 e. The van der Waals surface area contributed by atoms with Crippen LogP contribution >= 0.6 is 0 Å². The standard InChI is InChI=1S/C26H24N4O/c1-3-18(2)19-11-13-20(14-12-19)25-16-23(22-9-4-5-10-24(22)29-25)26(31)30-28-17-21-8-6-7-15-27-21/h4-18H,3H2,1-2H3,(H,30,31)/b28-17-/t18-/m1/s1. The predicted octanol–water partition coefficient (Wildman–Crippen LogP) is 5.57. The smallest absolute Gasteiger partial charge is 0.267 e. The molecule has 0 aliphatic carbocycles. The van der Waals surface area contributed by atoms with E-state index in [0.29, 0.717) is 17.2 Å². The molecular formula is C26H24N4O. The molecule has 154 valence electrons. The van der Waals surface area contributed by atoms with Gasteiger partial charge in [0.05, 0.1) is 28.7 Å². The van der Waals surface area contributed by atoms with Gasteiger partial charge in [-0.15, -0.1) is 0 Å². The van der Waals surface area contributed by atoms with Gasteiger partial charge >= 0.3 is 0 Å². The molecule has 1 atom stereocenters. The highest BCUT2D eigenvalue weighted by atomic mass is 16.2. The first kappa shape index (κ1) is 20.4. The number of hydrazone groups is 1. The van der Waals surface area contributed by atoms with Gasteiger partial charge in [0, 0.05) is 17.1 Å². The summed E-state index contributed by atoms with van der Waals surface area (Å²) >= 11 is 0. The van der Waals surface area contributed by atoms with Crippen LogP contribution in [-0.4, -0.2) is 22.1 Å². The molecule has 0 aliphatic heterocycles. The third kappa shape index (κ3) is 4.67. The van der Waals surface area contributed by atoms with Crippen molar-refractivity contribution in [2.45, 2.75) is 26.2 Å². The van der Waals surface area contributed by atoms with E-state index < -0.39 is 0 Å². The molecule has 5 nitrogen and oxygen atoms in total. The van der Waals surface area contributed by atoms with Crippen molar-refractivity contribution in [3.8, 4) is 11.3 Å². The van der Waals surface area contributed by atoms with Gasteiger partial charge in [0.1, 0.15) is 0 Å². The molecule has 0 aliphatic rings. The summed E-state index contributed by atoms with van der Waals surface area (Å²) in [7, 11) is 0. The molecule has 0 saturated heterocycles. The van der Waals surface area contributed by atoms with Crippen LogP contribution in [0.4, 0.5) is 0 Å². The first-order valence-corrected chi connectivity index (χ1v) is 10.4. The molecule has 0 fully saturated rings. The van der Waals surface area contributed by atoms with E-state index in [4.69, 9.17) is 4.98 Å².